The molecule has 22 heavy (non-hydrogen) atoms. The second-order valence-electron chi connectivity index (χ2n) is 6.27. The van der Waals surface area contributed by atoms with Crippen LogP contribution < -0.4 is 0 Å². The van der Waals surface area contributed by atoms with E-state index in [0.717, 1.165) is 12.8 Å². The Morgan fingerprint density at radius 1 is 0.727 bits per heavy atom. The third-order valence-corrected chi connectivity index (χ3v) is 4.86. The van der Waals surface area contributed by atoms with E-state index in [1.54, 1.807) is 0 Å². The van der Waals surface area contributed by atoms with Crippen LogP contribution in [0.4, 0.5) is 0 Å². The summed E-state index contributed by atoms with van der Waals surface area (Å²) < 4.78 is 0. The van der Waals surface area contributed by atoms with Crippen molar-refractivity contribution in [3.63, 3.8) is 0 Å². The monoisotopic (exact) mass is 280 g/mol. The largest absolute Gasteiger partial charge is 0.0801 e. The average molecular weight is 280 g/mol. The molecule has 0 nitrogen and oxygen atoms in total. The summed E-state index contributed by atoms with van der Waals surface area (Å²) in [6.45, 7) is 0. The Kier molecular flexibility index (Phi) is 2.42. The molecule has 0 heteroatoms. The normalized spacial score (nSPS) is 16.2. The molecule has 0 atom stereocenters. The first-order valence-electron chi connectivity index (χ1n) is 7.89. The fraction of sp³-hybridized carbons (Fsp3) is 0.0909. The van der Waals surface area contributed by atoms with E-state index >= 15 is 0 Å². The molecule has 5 rings (SSSR count). The summed E-state index contributed by atoms with van der Waals surface area (Å²) in [6, 6.07) is 18.0. The molecule has 0 bridgehead atoms. The Labute approximate surface area is 130 Å². The van der Waals surface area contributed by atoms with Crippen LogP contribution in [-0.4, -0.2) is 0 Å². The quantitative estimate of drug-likeness (QED) is 0.493. The first-order chi connectivity index (χ1) is 10.9. The van der Waals surface area contributed by atoms with E-state index in [2.05, 4.69) is 72.8 Å². The first kappa shape index (κ1) is 12.0. The molecule has 0 aromatic heterocycles. The molecule has 0 unspecified atom stereocenters. The van der Waals surface area contributed by atoms with Crippen molar-refractivity contribution in [2.24, 2.45) is 0 Å². The standard InChI is InChI=1S/C22H16/c1-2-6-15(5-1)18-11-21-13-19-9-16-7-3-4-8-17(16)10-20(19)14-22(21)12-18/h1-5,7-11,13-14H,6,12H2. The molecule has 2 aliphatic rings. The van der Waals surface area contributed by atoms with Crippen LogP contribution in [0.5, 0.6) is 0 Å². The van der Waals surface area contributed by atoms with Crippen molar-refractivity contribution >= 4 is 27.6 Å². The number of allylic oxidation sites excluding steroid dienone is 5. The van der Waals surface area contributed by atoms with Crippen molar-refractivity contribution in [2.75, 3.05) is 0 Å². The fourth-order valence-electron chi connectivity index (χ4n) is 3.68. The Morgan fingerprint density at radius 2 is 1.50 bits per heavy atom. The molecule has 0 spiro atoms. The van der Waals surface area contributed by atoms with Crippen LogP contribution in [0.25, 0.3) is 27.6 Å². The molecule has 0 saturated carbocycles. The molecule has 0 fully saturated rings. The minimum Gasteiger partial charge on any atom is -0.0801 e. The van der Waals surface area contributed by atoms with Crippen LogP contribution >= 0.6 is 0 Å². The number of fused-ring (bicyclic) bond motifs is 3. The maximum absolute atomic E-state index is 2.38. The molecule has 0 N–H and O–H groups in total. The molecular weight excluding hydrogens is 264 g/mol. The van der Waals surface area contributed by atoms with Gasteiger partial charge in [-0.05, 0) is 74.9 Å². The van der Waals surface area contributed by atoms with E-state index in [0.29, 0.717) is 0 Å². The minimum absolute atomic E-state index is 1.08. The molecule has 0 radical (unpaired) electrons. The third-order valence-electron chi connectivity index (χ3n) is 4.86. The predicted octanol–water partition coefficient (Wildman–Crippen LogP) is 5.82. The summed E-state index contributed by atoms with van der Waals surface area (Å²) in [5.74, 6) is 0. The molecule has 3 aromatic carbocycles. The Hall–Kier alpha value is -2.60. The van der Waals surface area contributed by atoms with Crippen LogP contribution in [0.3, 0.4) is 0 Å². The molecule has 0 amide bonds. The summed E-state index contributed by atoms with van der Waals surface area (Å²) in [7, 11) is 0. The lowest BCUT2D eigenvalue weighted by molar-refractivity contribution is 1.16. The second kappa shape index (κ2) is 4.45. The molecule has 0 saturated heterocycles. The second-order valence-corrected chi connectivity index (χ2v) is 6.27. The van der Waals surface area contributed by atoms with E-state index in [1.807, 2.05) is 0 Å². The molecule has 2 aliphatic carbocycles. The number of rotatable bonds is 1. The van der Waals surface area contributed by atoms with Crippen LogP contribution in [0.1, 0.15) is 17.5 Å². The van der Waals surface area contributed by atoms with Gasteiger partial charge in [-0.2, -0.15) is 0 Å². The lowest BCUT2D eigenvalue weighted by Gasteiger charge is -2.06. The van der Waals surface area contributed by atoms with E-state index in [4.69, 9.17) is 0 Å². The van der Waals surface area contributed by atoms with Crippen molar-refractivity contribution in [2.45, 2.75) is 12.8 Å². The van der Waals surface area contributed by atoms with Gasteiger partial charge in [0.2, 0.25) is 0 Å². The minimum atomic E-state index is 1.08. The van der Waals surface area contributed by atoms with Gasteiger partial charge in [-0.25, -0.2) is 0 Å². The van der Waals surface area contributed by atoms with Crippen molar-refractivity contribution in [1.29, 1.82) is 0 Å². The Bertz CT molecular complexity index is 1010. The topological polar surface area (TPSA) is 0 Å². The van der Waals surface area contributed by atoms with Gasteiger partial charge in [0.05, 0.1) is 0 Å². The lowest BCUT2D eigenvalue weighted by atomic mass is 9.98. The van der Waals surface area contributed by atoms with Gasteiger partial charge in [-0.3, -0.25) is 0 Å². The van der Waals surface area contributed by atoms with Crippen LogP contribution in [0.2, 0.25) is 0 Å². The van der Waals surface area contributed by atoms with Gasteiger partial charge >= 0.3 is 0 Å². The van der Waals surface area contributed by atoms with Crippen molar-refractivity contribution in [3.05, 3.63) is 89.0 Å². The van der Waals surface area contributed by atoms with E-state index in [1.165, 1.54) is 43.8 Å². The third kappa shape index (κ3) is 1.77. The summed E-state index contributed by atoms with van der Waals surface area (Å²) in [5, 5.41) is 5.34. The summed E-state index contributed by atoms with van der Waals surface area (Å²) in [4.78, 5) is 0. The average Bonchev–Trinajstić information content (AvgIpc) is 3.19. The van der Waals surface area contributed by atoms with E-state index in [9.17, 15) is 0 Å². The van der Waals surface area contributed by atoms with Crippen molar-refractivity contribution < 1.29 is 0 Å². The SMILES string of the molecule is C1=CCC(C2=Cc3cc4cc5ccccc5cc4cc3C2)=C1. The van der Waals surface area contributed by atoms with Gasteiger partial charge in [0.1, 0.15) is 0 Å². The molecule has 104 valence electrons. The number of benzene rings is 3. The van der Waals surface area contributed by atoms with Gasteiger partial charge in [0.15, 0.2) is 0 Å². The smallest absolute Gasteiger partial charge is 0.00165 e. The maximum atomic E-state index is 2.38. The van der Waals surface area contributed by atoms with Gasteiger partial charge in [0.25, 0.3) is 0 Å². The maximum Gasteiger partial charge on any atom is -0.00165 e. The summed E-state index contributed by atoms with van der Waals surface area (Å²) >= 11 is 0. The van der Waals surface area contributed by atoms with Crippen LogP contribution in [-0.2, 0) is 6.42 Å². The predicted molar refractivity (Wildman–Crippen MR) is 95.0 cm³/mol. The zero-order valence-electron chi connectivity index (χ0n) is 12.3. The van der Waals surface area contributed by atoms with Crippen LogP contribution in [0.15, 0.2) is 77.9 Å². The zero-order chi connectivity index (χ0) is 14.5. The van der Waals surface area contributed by atoms with E-state index < -0.39 is 0 Å². The van der Waals surface area contributed by atoms with Crippen molar-refractivity contribution in [3.8, 4) is 0 Å². The lowest BCUT2D eigenvalue weighted by Crippen LogP contribution is -1.88. The highest BCUT2D eigenvalue weighted by Gasteiger charge is 2.17. The zero-order valence-corrected chi connectivity index (χ0v) is 12.3. The highest BCUT2D eigenvalue weighted by atomic mass is 14.2. The fourth-order valence-corrected chi connectivity index (χ4v) is 3.68. The van der Waals surface area contributed by atoms with Crippen LogP contribution in [0, 0.1) is 0 Å². The highest BCUT2D eigenvalue weighted by molar-refractivity contribution is 5.99. The molecule has 0 aliphatic heterocycles. The van der Waals surface area contributed by atoms with Gasteiger partial charge in [0, 0.05) is 0 Å². The highest BCUT2D eigenvalue weighted by Crippen LogP contribution is 2.35. The van der Waals surface area contributed by atoms with Crippen molar-refractivity contribution in [1.82, 2.24) is 0 Å². The molecular formula is C22H16. The van der Waals surface area contributed by atoms with E-state index in [-0.39, 0.29) is 0 Å². The number of hydrogen-bond donors (Lipinski definition) is 0. The van der Waals surface area contributed by atoms with Gasteiger partial charge < -0.3 is 0 Å². The molecule has 3 aromatic rings. The Morgan fingerprint density at radius 3 is 2.23 bits per heavy atom. The Balaban J connectivity index is 1.67. The summed E-state index contributed by atoms with van der Waals surface area (Å²) in [5.41, 5.74) is 5.82. The molecule has 0 heterocycles. The van der Waals surface area contributed by atoms with Gasteiger partial charge in [-0.1, -0.05) is 54.6 Å². The number of hydrogen-bond acceptors (Lipinski definition) is 0. The van der Waals surface area contributed by atoms with Gasteiger partial charge in [-0.15, -0.1) is 0 Å². The first-order valence-corrected chi connectivity index (χ1v) is 7.89. The summed E-state index contributed by atoms with van der Waals surface area (Å²) in [6.07, 6.45) is 11.2.